The van der Waals surface area contributed by atoms with Gasteiger partial charge in [0.05, 0.1) is 11.8 Å². The number of sulfonamides is 1. The molecule has 0 aliphatic heterocycles. The molecule has 22 heavy (non-hydrogen) atoms. The lowest BCUT2D eigenvalue weighted by molar-refractivity contribution is 0.508. The molecular formula is C14H13FN4O2S. The van der Waals surface area contributed by atoms with Crippen LogP contribution >= 0.6 is 0 Å². The minimum atomic E-state index is -3.81. The van der Waals surface area contributed by atoms with Crippen LogP contribution in [0.15, 0.2) is 41.7 Å². The standard InChI is InChI=1S/C14H13FN4O2S/c1-19(2)22(20,21)13-4-3-9(5-11(13)15)10-6-12-14(16-7-10)18-8-17-12/h3-8H,1-2H3,(H,16,17,18). The number of aromatic amines is 1. The van der Waals surface area contributed by atoms with Crippen molar-refractivity contribution in [2.45, 2.75) is 4.90 Å². The van der Waals surface area contributed by atoms with Gasteiger partial charge in [-0.15, -0.1) is 0 Å². The molecule has 0 atom stereocenters. The number of halogens is 1. The smallest absolute Gasteiger partial charge is 0.245 e. The summed E-state index contributed by atoms with van der Waals surface area (Å²) in [4.78, 5) is 10.7. The number of fused-ring (bicyclic) bond motifs is 1. The number of nitrogens with zero attached hydrogens (tertiary/aromatic N) is 3. The molecule has 3 aromatic rings. The highest BCUT2D eigenvalue weighted by atomic mass is 32.2. The number of imidazole rings is 1. The van der Waals surface area contributed by atoms with Crippen LogP contribution in [0.1, 0.15) is 0 Å². The minimum Gasteiger partial charge on any atom is -0.343 e. The molecular weight excluding hydrogens is 307 g/mol. The van der Waals surface area contributed by atoms with E-state index in [0.717, 1.165) is 9.82 Å². The molecule has 0 unspecified atom stereocenters. The molecule has 1 aromatic carbocycles. The summed E-state index contributed by atoms with van der Waals surface area (Å²) in [6.07, 6.45) is 3.09. The molecule has 2 heterocycles. The molecule has 0 saturated heterocycles. The van der Waals surface area contributed by atoms with Gasteiger partial charge in [0.1, 0.15) is 10.7 Å². The van der Waals surface area contributed by atoms with Gasteiger partial charge in [0.15, 0.2) is 5.65 Å². The Morgan fingerprint density at radius 1 is 1.14 bits per heavy atom. The average Bonchev–Trinajstić information content (AvgIpc) is 2.93. The summed E-state index contributed by atoms with van der Waals surface area (Å²) in [5.74, 6) is -0.795. The van der Waals surface area contributed by atoms with Crippen molar-refractivity contribution in [3.63, 3.8) is 0 Å². The molecule has 0 aliphatic rings. The van der Waals surface area contributed by atoms with Crippen LogP contribution in [-0.2, 0) is 10.0 Å². The fourth-order valence-electron chi connectivity index (χ4n) is 2.07. The Morgan fingerprint density at radius 3 is 2.59 bits per heavy atom. The van der Waals surface area contributed by atoms with Crippen LogP contribution in [0.2, 0.25) is 0 Å². The third-order valence-electron chi connectivity index (χ3n) is 3.30. The predicted molar refractivity (Wildman–Crippen MR) is 80.2 cm³/mol. The van der Waals surface area contributed by atoms with Gasteiger partial charge in [0.2, 0.25) is 10.0 Å². The first kappa shape index (κ1) is 14.6. The zero-order valence-corrected chi connectivity index (χ0v) is 12.7. The van der Waals surface area contributed by atoms with Crippen molar-refractivity contribution < 1.29 is 12.8 Å². The normalized spacial score (nSPS) is 12.2. The summed E-state index contributed by atoms with van der Waals surface area (Å²) in [7, 11) is -1.09. The monoisotopic (exact) mass is 320 g/mol. The lowest BCUT2D eigenvalue weighted by Gasteiger charge is -2.12. The Hall–Kier alpha value is -2.32. The number of rotatable bonds is 3. The zero-order valence-electron chi connectivity index (χ0n) is 11.9. The fourth-order valence-corrected chi connectivity index (χ4v) is 3.01. The summed E-state index contributed by atoms with van der Waals surface area (Å²) >= 11 is 0. The SMILES string of the molecule is CN(C)S(=O)(=O)c1ccc(-c2cnc3nc[nH]c3c2)cc1F. The van der Waals surface area contributed by atoms with Crippen LogP contribution in [0.4, 0.5) is 4.39 Å². The zero-order chi connectivity index (χ0) is 15.9. The molecule has 114 valence electrons. The molecule has 2 aromatic heterocycles. The number of aromatic nitrogens is 3. The number of H-pyrrole nitrogens is 1. The first-order valence-corrected chi connectivity index (χ1v) is 7.85. The van der Waals surface area contributed by atoms with Crippen molar-refractivity contribution in [3.8, 4) is 11.1 Å². The summed E-state index contributed by atoms with van der Waals surface area (Å²) in [5, 5.41) is 0. The van der Waals surface area contributed by atoms with Crippen molar-refractivity contribution in [2.75, 3.05) is 14.1 Å². The maximum Gasteiger partial charge on any atom is 0.245 e. The van der Waals surface area contributed by atoms with Gasteiger partial charge >= 0.3 is 0 Å². The summed E-state index contributed by atoms with van der Waals surface area (Å²) in [6, 6.07) is 5.79. The number of nitrogens with one attached hydrogen (secondary N) is 1. The van der Waals surface area contributed by atoms with E-state index in [1.165, 1.54) is 32.6 Å². The van der Waals surface area contributed by atoms with Crippen LogP contribution in [-0.4, -0.2) is 41.8 Å². The summed E-state index contributed by atoms with van der Waals surface area (Å²) in [6.45, 7) is 0. The van der Waals surface area contributed by atoms with Crippen molar-refractivity contribution in [1.29, 1.82) is 0 Å². The van der Waals surface area contributed by atoms with Gasteiger partial charge in [-0.1, -0.05) is 6.07 Å². The molecule has 0 saturated carbocycles. The fraction of sp³-hybridized carbons (Fsp3) is 0.143. The molecule has 0 bridgehead atoms. The second-order valence-electron chi connectivity index (χ2n) is 4.93. The van der Waals surface area contributed by atoms with Gasteiger partial charge in [-0.05, 0) is 23.8 Å². The lowest BCUT2D eigenvalue weighted by atomic mass is 10.1. The van der Waals surface area contributed by atoms with E-state index in [9.17, 15) is 12.8 Å². The Labute approximate surface area is 126 Å². The molecule has 8 heteroatoms. The third kappa shape index (κ3) is 2.36. The Morgan fingerprint density at radius 2 is 1.91 bits per heavy atom. The van der Waals surface area contributed by atoms with E-state index in [1.54, 1.807) is 18.3 Å². The highest BCUT2D eigenvalue weighted by molar-refractivity contribution is 7.89. The van der Waals surface area contributed by atoms with E-state index in [0.29, 0.717) is 16.8 Å². The van der Waals surface area contributed by atoms with Crippen LogP contribution in [0.25, 0.3) is 22.3 Å². The van der Waals surface area contributed by atoms with Gasteiger partial charge in [0.25, 0.3) is 0 Å². The quantitative estimate of drug-likeness (QED) is 0.801. The lowest BCUT2D eigenvalue weighted by Crippen LogP contribution is -2.23. The van der Waals surface area contributed by atoms with Crippen molar-refractivity contribution in [3.05, 3.63) is 42.6 Å². The molecule has 1 N–H and O–H groups in total. The first-order chi connectivity index (χ1) is 10.4. The Bertz CT molecular complexity index is 950. The van der Waals surface area contributed by atoms with Gasteiger partial charge in [0, 0.05) is 25.9 Å². The van der Waals surface area contributed by atoms with Gasteiger partial charge < -0.3 is 4.98 Å². The van der Waals surface area contributed by atoms with E-state index < -0.39 is 15.8 Å². The van der Waals surface area contributed by atoms with Gasteiger partial charge in [-0.25, -0.2) is 27.1 Å². The maximum absolute atomic E-state index is 14.2. The number of benzene rings is 1. The molecule has 0 fully saturated rings. The average molecular weight is 320 g/mol. The minimum absolute atomic E-state index is 0.350. The highest BCUT2D eigenvalue weighted by Crippen LogP contribution is 2.26. The van der Waals surface area contributed by atoms with Crippen LogP contribution in [0, 0.1) is 5.82 Å². The van der Waals surface area contributed by atoms with E-state index >= 15 is 0 Å². The Kier molecular flexibility index (Phi) is 3.42. The van der Waals surface area contributed by atoms with E-state index in [1.807, 2.05) is 0 Å². The third-order valence-corrected chi connectivity index (χ3v) is 5.15. The Balaban J connectivity index is 2.08. The van der Waals surface area contributed by atoms with Gasteiger partial charge in [-0.2, -0.15) is 0 Å². The molecule has 0 spiro atoms. The number of hydrogen-bond donors (Lipinski definition) is 1. The molecule has 6 nitrogen and oxygen atoms in total. The van der Waals surface area contributed by atoms with Crippen LogP contribution < -0.4 is 0 Å². The van der Waals surface area contributed by atoms with Crippen LogP contribution in [0.3, 0.4) is 0 Å². The topological polar surface area (TPSA) is 79.0 Å². The molecule has 0 radical (unpaired) electrons. The second-order valence-corrected chi connectivity index (χ2v) is 7.05. The maximum atomic E-state index is 14.2. The van der Waals surface area contributed by atoms with Crippen LogP contribution in [0.5, 0.6) is 0 Å². The van der Waals surface area contributed by atoms with Gasteiger partial charge in [-0.3, -0.25) is 0 Å². The summed E-state index contributed by atoms with van der Waals surface area (Å²) in [5.41, 5.74) is 2.50. The largest absolute Gasteiger partial charge is 0.343 e. The summed E-state index contributed by atoms with van der Waals surface area (Å²) < 4.78 is 39.2. The van der Waals surface area contributed by atoms with Crippen molar-refractivity contribution >= 4 is 21.2 Å². The predicted octanol–water partition coefficient (Wildman–Crippen LogP) is 2.01. The van der Waals surface area contributed by atoms with E-state index in [-0.39, 0.29) is 4.90 Å². The van der Waals surface area contributed by atoms with E-state index in [2.05, 4.69) is 15.0 Å². The second kappa shape index (κ2) is 5.15. The molecule has 0 amide bonds. The van der Waals surface area contributed by atoms with E-state index in [4.69, 9.17) is 0 Å². The number of hydrogen-bond acceptors (Lipinski definition) is 4. The molecule has 0 aliphatic carbocycles. The highest BCUT2D eigenvalue weighted by Gasteiger charge is 2.22. The molecule has 3 rings (SSSR count). The number of pyridine rings is 1. The van der Waals surface area contributed by atoms with Crippen molar-refractivity contribution in [1.82, 2.24) is 19.3 Å². The van der Waals surface area contributed by atoms with Crippen molar-refractivity contribution in [2.24, 2.45) is 0 Å². The first-order valence-electron chi connectivity index (χ1n) is 6.41.